The van der Waals surface area contributed by atoms with Crippen LogP contribution in [-0.4, -0.2) is 58.8 Å². The highest BCUT2D eigenvalue weighted by Crippen LogP contribution is 2.19. The van der Waals surface area contributed by atoms with Crippen molar-refractivity contribution in [3.63, 3.8) is 0 Å². The molecule has 6 heteroatoms. The summed E-state index contributed by atoms with van der Waals surface area (Å²) in [7, 11) is 0. The highest BCUT2D eigenvalue weighted by Gasteiger charge is 2.27. The summed E-state index contributed by atoms with van der Waals surface area (Å²) in [6.07, 6.45) is 4.35. The summed E-state index contributed by atoms with van der Waals surface area (Å²) in [6, 6.07) is 5.82. The smallest absolute Gasteiger partial charge is 0.315 e. The summed E-state index contributed by atoms with van der Waals surface area (Å²) in [5.74, 6) is -0.0246. The molecule has 0 aromatic carbocycles. The van der Waals surface area contributed by atoms with Crippen molar-refractivity contribution < 1.29 is 9.90 Å². The second-order valence-corrected chi connectivity index (χ2v) is 7.86. The van der Waals surface area contributed by atoms with Gasteiger partial charge in [0.25, 0.3) is 0 Å². The number of likely N-dealkylation sites (tertiary alicyclic amines) is 1. The number of carbonyl (C=O) groups is 1. The number of rotatable bonds is 6. The Morgan fingerprint density at radius 3 is 2.64 bits per heavy atom. The Morgan fingerprint density at radius 2 is 2.08 bits per heavy atom. The molecule has 0 bridgehead atoms. The Balaban J connectivity index is 1.70. The molecule has 2 heterocycles. The largest absolute Gasteiger partial charge is 0.396 e. The Morgan fingerprint density at radius 1 is 1.36 bits per heavy atom. The van der Waals surface area contributed by atoms with Gasteiger partial charge >= 0.3 is 6.03 Å². The van der Waals surface area contributed by atoms with Gasteiger partial charge in [-0.15, -0.1) is 0 Å². The molecule has 140 valence electrons. The maximum Gasteiger partial charge on any atom is 0.315 e. The highest BCUT2D eigenvalue weighted by atomic mass is 16.3. The minimum Gasteiger partial charge on any atom is -0.396 e. The van der Waals surface area contributed by atoms with Gasteiger partial charge < -0.3 is 15.7 Å². The maximum atomic E-state index is 12.1. The predicted molar refractivity (Wildman–Crippen MR) is 99.4 cm³/mol. The number of aliphatic hydroxyl groups is 1. The molecule has 1 unspecified atom stereocenters. The summed E-state index contributed by atoms with van der Waals surface area (Å²) >= 11 is 0. The van der Waals surface area contributed by atoms with Crippen molar-refractivity contribution in [2.45, 2.75) is 51.6 Å². The molecule has 1 atom stereocenters. The van der Waals surface area contributed by atoms with E-state index in [0.717, 1.165) is 31.6 Å². The number of pyridine rings is 1. The summed E-state index contributed by atoms with van der Waals surface area (Å²) in [5, 5.41) is 15.5. The van der Waals surface area contributed by atoms with E-state index in [1.807, 2.05) is 18.2 Å². The fourth-order valence-electron chi connectivity index (χ4n) is 3.18. The normalized spacial score (nSPS) is 17.9. The molecule has 2 rings (SSSR count). The van der Waals surface area contributed by atoms with Crippen molar-refractivity contribution in [1.29, 1.82) is 0 Å². The van der Waals surface area contributed by atoms with E-state index in [-0.39, 0.29) is 30.1 Å². The van der Waals surface area contributed by atoms with Gasteiger partial charge in [0.2, 0.25) is 0 Å². The number of nitrogens with one attached hydrogen (secondary N) is 2. The molecule has 1 fully saturated rings. The molecule has 25 heavy (non-hydrogen) atoms. The van der Waals surface area contributed by atoms with Crippen LogP contribution in [0, 0.1) is 5.92 Å². The third kappa shape index (κ3) is 6.63. The molecule has 0 spiro atoms. The van der Waals surface area contributed by atoms with Gasteiger partial charge in [0, 0.05) is 55.6 Å². The zero-order valence-corrected chi connectivity index (χ0v) is 15.7. The summed E-state index contributed by atoms with van der Waals surface area (Å²) in [5.41, 5.74) is 1.12. The monoisotopic (exact) mass is 348 g/mol. The van der Waals surface area contributed by atoms with Crippen LogP contribution in [0.5, 0.6) is 0 Å². The Bertz CT molecular complexity index is 522. The number of carbonyl (C=O) groups excluding carboxylic acids is 1. The van der Waals surface area contributed by atoms with Crippen LogP contribution in [-0.2, 0) is 6.42 Å². The molecule has 1 aliphatic rings. The van der Waals surface area contributed by atoms with E-state index in [9.17, 15) is 9.90 Å². The lowest BCUT2D eigenvalue weighted by Gasteiger charge is -2.41. The highest BCUT2D eigenvalue weighted by molar-refractivity contribution is 5.74. The van der Waals surface area contributed by atoms with Crippen molar-refractivity contribution in [3.05, 3.63) is 30.1 Å². The van der Waals surface area contributed by atoms with E-state index in [1.165, 1.54) is 0 Å². The summed E-state index contributed by atoms with van der Waals surface area (Å²) in [4.78, 5) is 18.9. The molecule has 3 N–H and O–H groups in total. The van der Waals surface area contributed by atoms with E-state index >= 15 is 0 Å². The van der Waals surface area contributed by atoms with E-state index in [1.54, 1.807) is 6.20 Å². The third-order valence-corrected chi connectivity index (χ3v) is 4.81. The van der Waals surface area contributed by atoms with E-state index in [2.05, 4.69) is 41.3 Å². The molecular weight excluding hydrogens is 316 g/mol. The van der Waals surface area contributed by atoms with Gasteiger partial charge in [0.15, 0.2) is 0 Å². The summed E-state index contributed by atoms with van der Waals surface area (Å²) in [6.45, 7) is 9.17. The van der Waals surface area contributed by atoms with Gasteiger partial charge in [-0.2, -0.15) is 0 Å². The van der Waals surface area contributed by atoms with Crippen LogP contribution in [0.25, 0.3) is 0 Å². The van der Waals surface area contributed by atoms with Crippen LogP contribution in [0.4, 0.5) is 4.79 Å². The van der Waals surface area contributed by atoms with Crippen LogP contribution in [0.1, 0.15) is 39.3 Å². The minimum absolute atomic E-state index is 0.0246. The van der Waals surface area contributed by atoms with Crippen LogP contribution in [0.15, 0.2) is 24.4 Å². The van der Waals surface area contributed by atoms with Crippen molar-refractivity contribution in [2.75, 3.05) is 26.2 Å². The average Bonchev–Trinajstić information content (AvgIpc) is 2.59. The first-order chi connectivity index (χ1) is 11.9. The van der Waals surface area contributed by atoms with Gasteiger partial charge in [-0.05, 0) is 52.2 Å². The van der Waals surface area contributed by atoms with Crippen LogP contribution in [0.3, 0.4) is 0 Å². The van der Waals surface area contributed by atoms with Gasteiger partial charge in [-0.3, -0.25) is 9.88 Å². The SMILES string of the molecule is CC(C)(C)N1CCC(NC(=O)NCC(CO)Cc2ccccn2)CC1. The number of aromatic nitrogens is 1. The quantitative estimate of drug-likeness (QED) is 0.732. The molecule has 1 aromatic rings. The fourth-order valence-corrected chi connectivity index (χ4v) is 3.18. The van der Waals surface area contributed by atoms with E-state index in [4.69, 9.17) is 0 Å². The number of aliphatic hydroxyl groups excluding tert-OH is 1. The van der Waals surface area contributed by atoms with Gasteiger partial charge in [-0.25, -0.2) is 4.79 Å². The standard InChI is InChI=1S/C19H32N4O2/c1-19(2,3)23-10-7-16(8-11-23)22-18(25)21-13-15(14-24)12-17-6-4-5-9-20-17/h4-6,9,15-16,24H,7-8,10-14H2,1-3H3,(H2,21,22,25). The molecule has 1 aromatic heterocycles. The van der Waals surface area contributed by atoms with Gasteiger partial charge in [0.1, 0.15) is 0 Å². The number of hydrogen-bond acceptors (Lipinski definition) is 4. The first-order valence-corrected chi connectivity index (χ1v) is 9.18. The molecule has 1 saturated heterocycles. The second kappa shape index (κ2) is 9.15. The van der Waals surface area contributed by atoms with E-state index < -0.39 is 0 Å². The summed E-state index contributed by atoms with van der Waals surface area (Å²) < 4.78 is 0. The predicted octanol–water partition coefficient (Wildman–Crippen LogP) is 1.79. The van der Waals surface area contributed by atoms with Crippen molar-refractivity contribution in [3.8, 4) is 0 Å². The average molecular weight is 348 g/mol. The molecule has 1 aliphatic heterocycles. The molecule has 0 radical (unpaired) electrons. The molecule has 0 aliphatic carbocycles. The van der Waals surface area contributed by atoms with Crippen LogP contribution >= 0.6 is 0 Å². The molecule has 2 amide bonds. The number of piperidine rings is 1. The Labute approximate surface area is 151 Å². The Kier molecular flexibility index (Phi) is 7.20. The third-order valence-electron chi connectivity index (χ3n) is 4.81. The Hall–Kier alpha value is -1.66. The first kappa shape index (κ1) is 19.7. The number of amides is 2. The lowest BCUT2D eigenvalue weighted by molar-refractivity contribution is 0.0977. The first-order valence-electron chi connectivity index (χ1n) is 9.18. The zero-order chi connectivity index (χ0) is 18.3. The maximum absolute atomic E-state index is 12.1. The topological polar surface area (TPSA) is 77.5 Å². The number of urea groups is 1. The second-order valence-electron chi connectivity index (χ2n) is 7.86. The van der Waals surface area contributed by atoms with Crippen molar-refractivity contribution >= 4 is 6.03 Å². The van der Waals surface area contributed by atoms with Gasteiger partial charge in [-0.1, -0.05) is 6.07 Å². The van der Waals surface area contributed by atoms with Crippen molar-refractivity contribution in [2.24, 2.45) is 5.92 Å². The molecule has 0 saturated carbocycles. The molecule has 6 nitrogen and oxygen atoms in total. The fraction of sp³-hybridized carbons (Fsp3) is 0.684. The zero-order valence-electron chi connectivity index (χ0n) is 15.7. The number of nitrogens with zero attached hydrogens (tertiary/aromatic N) is 2. The lowest BCUT2D eigenvalue weighted by Crippen LogP contribution is -2.52. The van der Waals surface area contributed by atoms with Gasteiger partial charge in [0.05, 0.1) is 0 Å². The minimum atomic E-state index is -0.145. The lowest BCUT2D eigenvalue weighted by atomic mass is 9.98. The number of hydrogen-bond donors (Lipinski definition) is 3. The van der Waals surface area contributed by atoms with E-state index in [0.29, 0.717) is 13.0 Å². The molecular formula is C19H32N4O2. The van der Waals surface area contributed by atoms with Crippen LogP contribution in [0.2, 0.25) is 0 Å². The van der Waals surface area contributed by atoms with Crippen molar-refractivity contribution in [1.82, 2.24) is 20.5 Å². The van der Waals surface area contributed by atoms with Crippen LogP contribution < -0.4 is 10.6 Å².